The molecule has 2 fully saturated rings. The number of carbonyl (C=O) groups excluding carboxylic acids is 2. The average molecular weight is 354 g/mol. The molecule has 6 heteroatoms. The molecule has 2 N–H and O–H groups in total. The summed E-state index contributed by atoms with van der Waals surface area (Å²) in [5, 5.41) is 3.00. The van der Waals surface area contributed by atoms with Gasteiger partial charge in [0.1, 0.15) is 5.82 Å². The number of nitrogens with one attached hydrogen (secondary N) is 2. The summed E-state index contributed by atoms with van der Waals surface area (Å²) in [6, 6.07) is 8.34. The zero-order chi connectivity index (χ0) is 17.9. The van der Waals surface area contributed by atoms with Crippen molar-refractivity contribution < 1.29 is 9.59 Å². The molecule has 1 saturated carbocycles. The lowest BCUT2D eigenvalue weighted by molar-refractivity contribution is -0.130. The molecule has 0 unspecified atom stereocenters. The van der Waals surface area contributed by atoms with Crippen LogP contribution < -0.4 is 5.32 Å². The fraction of sp³-hybridized carbons (Fsp3) is 0.550. The first-order valence-corrected chi connectivity index (χ1v) is 9.71. The van der Waals surface area contributed by atoms with Gasteiger partial charge in [-0.2, -0.15) is 0 Å². The van der Waals surface area contributed by atoms with E-state index in [1.54, 1.807) is 0 Å². The lowest BCUT2D eigenvalue weighted by Gasteiger charge is -2.23. The number of rotatable bonds is 6. The maximum absolute atomic E-state index is 12.4. The van der Waals surface area contributed by atoms with Crippen molar-refractivity contribution in [1.82, 2.24) is 20.2 Å². The van der Waals surface area contributed by atoms with Crippen molar-refractivity contribution in [3.63, 3.8) is 0 Å². The molecule has 2 aliphatic rings. The summed E-state index contributed by atoms with van der Waals surface area (Å²) < 4.78 is 0. The highest BCUT2D eigenvalue weighted by atomic mass is 16.2. The average Bonchev–Trinajstić information content (AvgIpc) is 3.37. The van der Waals surface area contributed by atoms with Crippen molar-refractivity contribution >= 4 is 22.8 Å². The molecule has 1 aromatic carbocycles. The number of imidazole rings is 1. The molecule has 2 amide bonds. The molecule has 0 radical (unpaired) electrons. The van der Waals surface area contributed by atoms with Gasteiger partial charge in [0.2, 0.25) is 11.8 Å². The van der Waals surface area contributed by atoms with Crippen LogP contribution in [0.3, 0.4) is 0 Å². The minimum atomic E-state index is -0.186. The Bertz CT molecular complexity index is 761. The molecule has 6 nitrogen and oxygen atoms in total. The van der Waals surface area contributed by atoms with E-state index in [-0.39, 0.29) is 17.7 Å². The molecule has 1 atom stereocenters. The summed E-state index contributed by atoms with van der Waals surface area (Å²) in [6.45, 7) is 1.21. The first-order valence-electron chi connectivity index (χ1n) is 9.71. The van der Waals surface area contributed by atoms with Gasteiger partial charge in [0.25, 0.3) is 0 Å². The lowest BCUT2D eigenvalue weighted by atomic mass is 10.1. The maximum atomic E-state index is 12.4. The lowest BCUT2D eigenvalue weighted by Crippen LogP contribution is -2.37. The third-order valence-electron chi connectivity index (χ3n) is 5.62. The van der Waals surface area contributed by atoms with Gasteiger partial charge in [-0.25, -0.2) is 4.98 Å². The Morgan fingerprint density at radius 2 is 2.08 bits per heavy atom. The van der Waals surface area contributed by atoms with Crippen LogP contribution in [0.4, 0.5) is 0 Å². The van der Waals surface area contributed by atoms with E-state index in [0.29, 0.717) is 25.6 Å². The van der Waals surface area contributed by atoms with Gasteiger partial charge in [0.05, 0.1) is 17.0 Å². The van der Waals surface area contributed by atoms with E-state index in [9.17, 15) is 9.59 Å². The smallest absolute Gasteiger partial charge is 0.225 e. The normalized spacial score (nSPS) is 21.0. The molecule has 4 rings (SSSR count). The quantitative estimate of drug-likeness (QED) is 0.782. The van der Waals surface area contributed by atoms with Gasteiger partial charge in [-0.05, 0) is 31.4 Å². The van der Waals surface area contributed by atoms with Crippen molar-refractivity contribution in [1.29, 1.82) is 0 Å². The number of amides is 2. The summed E-state index contributed by atoms with van der Waals surface area (Å²) >= 11 is 0. The molecule has 138 valence electrons. The molecule has 1 saturated heterocycles. The molecule has 1 aromatic heterocycles. The number of para-hydroxylation sites is 2. The number of aromatic nitrogens is 2. The molecule has 2 heterocycles. The van der Waals surface area contributed by atoms with E-state index >= 15 is 0 Å². The minimum absolute atomic E-state index is 0.0171. The number of fused-ring (bicyclic) bond motifs is 1. The summed E-state index contributed by atoms with van der Waals surface area (Å²) in [4.78, 5) is 34.4. The van der Waals surface area contributed by atoms with E-state index in [0.717, 1.165) is 42.5 Å². The summed E-state index contributed by atoms with van der Waals surface area (Å²) in [5.74, 6) is 0.931. The zero-order valence-corrected chi connectivity index (χ0v) is 15.0. The Morgan fingerprint density at radius 1 is 1.27 bits per heavy atom. The van der Waals surface area contributed by atoms with Gasteiger partial charge >= 0.3 is 0 Å². The van der Waals surface area contributed by atoms with Crippen molar-refractivity contribution in [2.45, 2.75) is 51.0 Å². The minimum Gasteiger partial charge on any atom is -0.356 e. The van der Waals surface area contributed by atoms with Gasteiger partial charge in [0.15, 0.2) is 0 Å². The summed E-state index contributed by atoms with van der Waals surface area (Å²) in [6.07, 6.45) is 6.59. The number of benzene rings is 1. The second kappa shape index (κ2) is 7.48. The van der Waals surface area contributed by atoms with Crippen LogP contribution in [0.15, 0.2) is 24.3 Å². The molecule has 2 aromatic rings. The van der Waals surface area contributed by atoms with E-state index in [1.807, 2.05) is 29.2 Å². The fourth-order valence-electron chi connectivity index (χ4n) is 4.21. The fourth-order valence-corrected chi connectivity index (χ4v) is 4.21. The second-order valence-corrected chi connectivity index (χ2v) is 7.48. The van der Waals surface area contributed by atoms with Crippen molar-refractivity contribution in [3.05, 3.63) is 30.1 Å². The van der Waals surface area contributed by atoms with Crippen LogP contribution in [0, 0.1) is 5.92 Å². The third kappa shape index (κ3) is 3.59. The van der Waals surface area contributed by atoms with Crippen LogP contribution in [-0.2, 0) is 16.0 Å². The van der Waals surface area contributed by atoms with E-state index in [4.69, 9.17) is 0 Å². The summed E-state index contributed by atoms with van der Waals surface area (Å²) in [7, 11) is 0. The molecule has 1 aliphatic carbocycles. The number of likely N-dealkylation sites (tertiary alicyclic amines) is 1. The molecule has 1 aliphatic heterocycles. The third-order valence-corrected chi connectivity index (χ3v) is 5.62. The molecule has 0 bridgehead atoms. The van der Waals surface area contributed by atoms with Crippen molar-refractivity contribution in [2.24, 2.45) is 5.92 Å². The SMILES string of the molecule is O=C(NCCCc1nc2ccccc2[nH]1)[C@H]1CC(=O)N(C2CCCC2)C1. The van der Waals surface area contributed by atoms with Crippen LogP contribution in [0.2, 0.25) is 0 Å². The molecule has 26 heavy (non-hydrogen) atoms. The standard InChI is InChI=1S/C20H26N4O2/c25-19-12-14(13-24(19)15-6-1-2-7-15)20(26)21-11-5-10-18-22-16-8-3-4-9-17(16)23-18/h3-4,8-9,14-15H,1-2,5-7,10-13H2,(H,21,26)(H,22,23)/t14-/m0/s1. The van der Waals surface area contributed by atoms with Gasteiger partial charge in [-0.3, -0.25) is 9.59 Å². The Morgan fingerprint density at radius 3 is 2.88 bits per heavy atom. The highest BCUT2D eigenvalue weighted by molar-refractivity contribution is 5.89. The van der Waals surface area contributed by atoms with E-state index in [1.165, 1.54) is 12.8 Å². The number of aromatic amines is 1. The number of nitrogens with zero attached hydrogens (tertiary/aromatic N) is 2. The molecule has 0 spiro atoms. The van der Waals surface area contributed by atoms with Crippen LogP contribution >= 0.6 is 0 Å². The van der Waals surface area contributed by atoms with Crippen LogP contribution in [-0.4, -0.2) is 45.8 Å². The highest BCUT2D eigenvalue weighted by Crippen LogP contribution is 2.29. The predicted octanol–water partition coefficient (Wildman–Crippen LogP) is 2.40. The topological polar surface area (TPSA) is 78.1 Å². The Kier molecular flexibility index (Phi) is 4.91. The van der Waals surface area contributed by atoms with Crippen LogP contribution in [0.25, 0.3) is 11.0 Å². The number of H-pyrrole nitrogens is 1. The Hall–Kier alpha value is -2.37. The Balaban J connectivity index is 1.22. The van der Waals surface area contributed by atoms with E-state index < -0.39 is 0 Å². The number of hydrogen-bond acceptors (Lipinski definition) is 3. The van der Waals surface area contributed by atoms with Crippen LogP contribution in [0.1, 0.15) is 44.3 Å². The van der Waals surface area contributed by atoms with Crippen molar-refractivity contribution in [2.75, 3.05) is 13.1 Å². The summed E-state index contributed by atoms with van der Waals surface area (Å²) in [5.41, 5.74) is 2.02. The van der Waals surface area contributed by atoms with Gasteiger partial charge < -0.3 is 15.2 Å². The predicted molar refractivity (Wildman–Crippen MR) is 99.5 cm³/mol. The van der Waals surface area contributed by atoms with E-state index in [2.05, 4.69) is 15.3 Å². The molecular weight excluding hydrogens is 328 g/mol. The maximum Gasteiger partial charge on any atom is 0.225 e. The van der Waals surface area contributed by atoms with Gasteiger partial charge in [-0.1, -0.05) is 25.0 Å². The van der Waals surface area contributed by atoms with Gasteiger partial charge in [-0.15, -0.1) is 0 Å². The molecular formula is C20H26N4O2. The zero-order valence-electron chi connectivity index (χ0n) is 15.0. The van der Waals surface area contributed by atoms with Crippen LogP contribution in [0.5, 0.6) is 0 Å². The number of carbonyl (C=O) groups is 2. The number of aryl methyl sites for hydroxylation is 1. The second-order valence-electron chi connectivity index (χ2n) is 7.48. The van der Waals surface area contributed by atoms with Gasteiger partial charge in [0, 0.05) is 32.0 Å². The largest absolute Gasteiger partial charge is 0.356 e. The number of hydrogen-bond donors (Lipinski definition) is 2. The Labute approximate surface area is 153 Å². The first-order chi connectivity index (χ1) is 12.7. The first kappa shape index (κ1) is 17.1. The highest BCUT2D eigenvalue weighted by Gasteiger charge is 2.38. The monoisotopic (exact) mass is 354 g/mol. The van der Waals surface area contributed by atoms with Crippen molar-refractivity contribution in [3.8, 4) is 0 Å².